The number of aliphatic hydroxyl groups excluding tert-OH is 2. The van der Waals surface area contributed by atoms with E-state index in [0.29, 0.717) is 0 Å². The Labute approximate surface area is 69.2 Å². The Morgan fingerprint density at radius 2 is 1.64 bits per heavy atom. The van der Waals surface area contributed by atoms with E-state index in [0.717, 1.165) is 25.7 Å². The van der Waals surface area contributed by atoms with Crippen molar-refractivity contribution < 1.29 is 10.2 Å². The highest BCUT2D eigenvalue weighted by molar-refractivity contribution is 4.66. The smallest absolute Gasteiger partial charge is 0.0590 e. The molecule has 2 N–H and O–H groups in total. The summed E-state index contributed by atoms with van der Waals surface area (Å²) in [6.07, 6.45) is 3.46. The first-order valence-electron chi connectivity index (χ1n) is 4.55. The van der Waals surface area contributed by atoms with Gasteiger partial charge in [-0.05, 0) is 12.8 Å². The van der Waals surface area contributed by atoms with Crippen LogP contribution in [0, 0.1) is 5.92 Å². The second kappa shape index (κ2) is 6.62. The van der Waals surface area contributed by atoms with Crippen LogP contribution in [0.5, 0.6) is 0 Å². The molecule has 2 nitrogen and oxygen atoms in total. The van der Waals surface area contributed by atoms with Crippen molar-refractivity contribution in [3.8, 4) is 0 Å². The maximum Gasteiger partial charge on any atom is 0.0590 e. The third-order valence-electron chi connectivity index (χ3n) is 2.02. The normalized spacial score (nSPS) is 16.4. The Bertz CT molecular complexity index is 83.6. The van der Waals surface area contributed by atoms with Crippen LogP contribution in [0.3, 0.4) is 0 Å². The van der Waals surface area contributed by atoms with E-state index in [2.05, 4.69) is 6.92 Å². The zero-order valence-electron chi connectivity index (χ0n) is 7.58. The SMILES string of the molecule is CCCC(O)C(CO)CCC. The monoisotopic (exact) mass is 160 g/mol. The summed E-state index contributed by atoms with van der Waals surface area (Å²) >= 11 is 0. The van der Waals surface area contributed by atoms with Gasteiger partial charge >= 0.3 is 0 Å². The molecule has 0 aliphatic rings. The zero-order chi connectivity index (χ0) is 8.69. The summed E-state index contributed by atoms with van der Waals surface area (Å²) in [6.45, 7) is 4.24. The van der Waals surface area contributed by atoms with Gasteiger partial charge in [-0.1, -0.05) is 26.7 Å². The van der Waals surface area contributed by atoms with E-state index >= 15 is 0 Å². The maximum absolute atomic E-state index is 9.48. The summed E-state index contributed by atoms with van der Waals surface area (Å²) in [6, 6.07) is 0. The van der Waals surface area contributed by atoms with Gasteiger partial charge in [-0.15, -0.1) is 0 Å². The minimum absolute atomic E-state index is 0.0972. The average Bonchev–Trinajstić information content (AvgIpc) is 2.00. The summed E-state index contributed by atoms with van der Waals surface area (Å²) in [4.78, 5) is 0. The lowest BCUT2D eigenvalue weighted by molar-refractivity contribution is 0.0553. The maximum atomic E-state index is 9.48. The predicted molar refractivity (Wildman–Crippen MR) is 46.4 cm³/mol. The molecule has 68 valence electrons. The predicted octanol–water partition coefficient (Wildman–Crippen LogP) is 1.56. The Hall–Kier alpha value is -0.0800. The molecule has 0 aromatic heterocycles. The number of rotatable bonds is 6. The van der Waals surface area contributed by atoms with Crippen LogP contribution in [0.2, 0.25) is 0 Å². The van der Waals surface area contributed by atoms with Crippen molar-refractivity contribution in [3.63, 3.8) is 0 Å². The fourth-order valence-electron chi connectivity index (χ4n) is 1.31. The van der Waals surface area contributed by atoms with Crippen molar-refractivity contribution in [2.75, 3.05) is 6.61 Å². The molecule has 0 fully saturated rings. The molecule has 2 heteroatoms. The molecule has 0 rings (SSSR count). The second-order valence-corrected chi connectivity index (χ2v) is 3.09. The van der Waals surface area contributed by atoms with Gasteiger partial charge in [-0.2, -0.15) is 0 Å². The van der Waals surface area contributed by atoms with Crippen LogP contribution in [0.25, 0.3) is 0 Å². The standard InChI is InChI=1S/C9H20O2/c1-3-5-8(7-10)9(11)6-4-2/h8-11H,3-7H2,1-2H3. The van der Waals surface area contributed by atoms with E-state index < -0.39 is 0 Å². The second-order valence-electron chi connectivity index (χ2n) is 3.09. The molecule has 0 spiro atoms. The van der Waals surface area contributed by atoms with Gasteiger partial charge < -0.3 is 10.2 Å². The van der Waals surface area contributed by atoms with Crippen LogP contribution in [0.4, 0.5) is 0 Å². The molecule has 0 radical (unpaired) electrons. The van der Waals surface area contributed by atoms with E-state index in [1.807, 2.05) is 6.92 Å². The van der Waals surface area contributed by atoms with Gasteiger partial charge in [-0.25, -0.2) is 0 Å². The zero-order valence-corrected chi connectivity index (χ0v) is 7.58. The molecule has 0 saturated carbocycles. The van der Waals surface area contributed by atoms with Crippen LogP contribution < -0.4 is 0 Å². The first-order valence-corrected chi connectivity index (χ1v) is 4.55. The molecule has 11 heavy (non-hydrogen) atoms. The van der Waals surface area contributed by atoms with Gasteiger partial charge in [0.15, 0.2) is 0 Å². The lowest BCUT2D eigenvalue weighted by Crippen LogP contribution is -2.23. The molecular weight excluding hydrogens is 140 g/mol. The molecule has 0 aromatic carbocycles. The molecule has 0 aromatic rings. The highest BCUT2D eigenvalue weighted by Gasteiger charge is 2.15. The summed E-state index contributed by atoms with van der Waals surface area (Å²) in [5, 5.41) is 18.4. The van der Waals surface area contributed by atoms with Crippen LogP contribution >= 0.6 is 0 Å². The van der Waals surface area contributed by atoms with Crippen molar-refractivity contribution in [2.45, 2.75) is 45.6 Å². The van der Waals surface area contributed by atoms with Gasteiger partial charge in [-0.3, -0.25) is 0 Å². The van der Waals surface area contributed by atoms with Gasteiger partial charge in [0.2, 0.25) is 0 Å². The average molecular weight is 160 g/mol. The van der Waals surface area contributed by atoms with Gasteiger partial charge in [0.25, 0.3) is 0 Å². The lowest BCUT2D eigenvalue weighted by Gasteiger charge is -2.19. The van der Waals surface area contributed by atoms with Gasteiger partial charge in [0.1, 0.15) is 0 Å². The first kappa shape index (κ1) is 10.9. The fraction of sp³-hybridized carbons (Fsp3) is 1.00. The highest BCUT2D eigenvalue weighted by Crippen LogP contribution is 2.14. The summed E-state index contributed by atoms with van der Waals surface area (Å²) in [5.41, 5.74) is 0. The van der Waals surface area contributed by atoms with Crippen molar-refractivity contribution in [1.29, 1.82) is 0 Å². The Morgan fingerprint density at radius 1 is 1.09 bits per heavy atom. The lowest BCUT2D eigenvalue weighted by atomic mass is 9.95. The van der Waals surface area contributed by atoms with Crippen molar-refractivity contribution >= 4 is 0 Å². The third kappa shape index (κ3) is 4.38. The Kier molecular flexibility index (Phi) is 6.57. The quantitative estimate of drug-likeness (QED) is 0.619. The molecule has 0 amide bonds. The molecule has 0 saturated heterocycles. The summed E-state index contributed by atoms with van der Waals surface area (Å²) < 4.78 is 0. The van der Waals surface area contributed by atoms with Crippen molar-refractivity contribution in [2.24, 2.45) is 5.92 Å². The van der Waals surface area contributed by atoms with E-state index in [1.165, 1.54) is 0 Å². The minimum atomic E-state index is -0.301. The minimum Gasteiger partial charge on any atom is -0.396 e. The molecular formula is C9H20O2. The van der Waals surface area contributed by atoms with E-state index in [1.54, 1.807) is 0 Å². The molecule has 0 aliphatic heterocycles. The third-order valence-corrected chi connectivity index (χ3v) is 2.02. The van der Waals surface area contributed by atoms with Gasteiger partial charge in [0.05, 0.1) is 6.10 Å². The van der Waals surface area contributed by atoms with Crippen LogP contribution in [-0.2, 0) is 0 Å². The molecule has 0 heterocycles. The topological polar surface area (TPSA) is 40.5 Å². The Morgan fingerprint density at radius 3 is 2.00 bits per heavy atom. The molecule has 2 unspecified atom stereocenters. The molecule has 2 atom stereocenters. The summed E-state index contributed by atoms with van der Waals surface area (Å²) in [5.74, 6) is 0.0972. The highest BCUT2D eigenvalue weighted by atomic mass is 16.3. The Balaban J connectivity index is 3.61. The van der Waals surface area contributed by atoms with Crippen LogP contribution in [0.15, 0.2) is 0 Å². The van der Waals surface area contributed by atoms with Crippen LogP contribution in [0.1, 0.15) is 39.5 Å². The van der Waals surface area contributed by atoms with E-state index in [-0.39, 0.29) is 18.6 Å². The number of aliphatic hydroxyl groups is 2. The summed E-state index contributed by atoms with van der Waals surface area (Å²) in [7, 11) is 0. The number of hydrogen-bond donors (Lipinski definition) is 2. The first-order chi connectivity index (χ1) is 5.26. The fourth-order valence-corrected chi connectivity index (χ4v) is 1.31. The van der Waals surface area contributed by atoms with Crippen LogP contribution in [-0.4, -0.2) is 22.9 Å². The largest absolute Gasteiger partial charge is 0.396 e. The van der Waals surface area contributed by atoms with E-state index in [4.69, 9.17) is 5.11 Å². The van der Waals surface area contributed by atoms with Crippen molar-refractivity contribution in [1.82, 2.24) is 0 Å². The molecule has 0 bridgehead atoms. The van der Waals surface area contributed by atoms with E-state index in [9.17, 15) is 5.11 Å². The molecule has 0 aliphatic carbocycles. The van der Waals surface area contributed by atoms with Crippen molar-refractivity contribution in [3.05, 3.63) is 0 Å². The van der Waals surface area contributed by atoms with Gasteiger partial charge in [0, 0.05) is 12.5 Å². The number of hydrogen-bond acceptors (Lipinski definition) is 2.